The lowest BCUT2D eigenvalue weighted by molar-refractivity contribution is 0.227. The Labute approximate surface area is 154 Å². The Morgan fingerprint density at radius 2 is 2.04 bits per heavy atom. The van der Waals surface area contributed by atoms with Gasteiger partial charge in [0.1, 0.15) is 18.2 Å². The van der Waals surface area contributed by atoms with Crippen molar-refractivity contribution in [1.82, 2.24) is 9.80 Å². The molecule has 5 heteroatoms. The summed E-state index contributed by atoms with van der Waals surface area (Å²) in [4.78, 5) is 4.71. The molecule has 3 nitrogen and oxygen atoms in total. The number of nitrogens with zero attached hydrogens (tertiary/aromatic N) is 2. The van der Waals surface area contributed by atoms with Gasteiger partial charge in [0.15, 0.2) is 0 Å². The summed E-state index contributed by atoms with van der Waals surface area (Å²) in [5, 5.41) is 0.392. The standard InChI is InChI=1S/C20H24ClFN2O/c1-23-11-10-16(13-23)24(2)12-15-6-3-4-9-20(15)25-14-17-18(21)7-5-8-19(17)22/h3-9,16H,10-14H2,1-2H3. The zero-order valence-corrected chi connectivity index (χ0v) is 15.5. The number of halogens is 2. The SMILES string of the molecule is CN1CCC(N(C)Cc2ccccc2OCc2c(F)cccc2Cl)C1. The minimum Gasteiger partial charge on any atom is -0.488 e. The van der Waals surface area contributed by atoms with Crippen molar-refractivity contribution >= 4 is 11.6 Å². The maximum atomic E-state index is 13.9. The summed E-state index contributed by atoms with van der Waals surface area (Å²) in [6.07, 6.45) is 1.18. The average Bonchev–Trinajstić information content (AvgIpc) is 3.02. The van der Waals surface area contributed by atoms with Gasteiger partial charge in [-0.2, -0.15) is 0 Å². The van der Waals surface area contributed by atoms with Crippen molar-refractivity contribution < 1.29 is 9.13 Å². The highest BCUT2D eigenvalue weighted by Gasteiger charge is 2.23. The normalized spacial score (nSPS) is 18.0. The van der Waals surface area contributed by atoms with E-state index in [1.807, 2.05) is 18.2 Å². The Morgan fingerprint density at radius 1 is 1.24 bits per heavy atom. The second-order valence-corrected chi connectivity index (χ2v) is 7.12. The molecule has 0 amide bonds. The molecule has 2 aromatic rings. The van der Waals surface area contributed by atoms with E-state index < -0.39 is 0 Å². The van der Waals surface area contributed by atoms with Gasteiger partial charge in [-0.25, -0.2) is 4.39 Å². The van der Waals surface area contributed by atoms with Gasteiger partial charge in [0.05, 0.1) is 5.02 Å². The van der Waals surface area contributed by atoms with Crippen molar-refractivity contribution in [2.24, 2.45) is 0 Å². The second kappa shape index (κ2) is 8.17. The summed E-state index contributed by atoms with van der Waals surface area (Å²) >= 11 is 6.09. The van der Waals surface area contributed by atoms with Crippen LogP contribution in [0.15, 0.2) is 42.5 Å². The van der Waals surface area contributed by atoms with Crippen LogP contribution in [0.25, 0.3) is 0 Å². The fraction of sp³-hybridized carbons (Fsp3) is 0.400. The quantitative estimate of drug-likeness (QED) is 0.766. The summed E-state index contributed by atoms with van der Waals surface area (Å²) in [6.45, 7) is 3.15. The van der Waals surface area contributed by atoms with E-state index in [9.17, 15) is 4.39 Å². The van der Waals surface area contributed by atoms with Crippen LogP contribution in [0.2, 0.25) is 5.02 Å². The molecular formula is C20H24ClFN2O. The van der Waals surface area contributed by atoms with Gasteiger partial charge in [-0.3, -0.25) is 4.90 Å². The lowest BCUT2D eigenvalue weighted by Crippen LogP contribution is -2.33. The maximum Gasteiger partial charge on any atom is 0.131 e. The Morgan fingerprint density at radius 3 is 2.76 bits per heavy atom. The monoisotopic (exact) mass is 362 g/mol. The number of benzene rings is 2. The predicted octanol–water partition coefficient (Wildman–Crippen LogP) is 4.19. The van der Waals surface area contributed by atoms with Crippen LogP contribution in [0.1, 0.15) is 17.5 Å². The molecule has 1 unspecified atom stereocenters. The summed E-state index contributed by atoms with van der Waals surface area (Å²) in [6, 6.07) is 13.2. The van der Waals surface area contributed by atoms with E-state index in [0.29, 0.717) is 16.6 Å². The lowest BCUT2D eigenvalue weighted by atomic mass is 10.1. The zero-order valence-electron chi connectivity index (χ0n) is 14.7. The van der Waals surface area contributed by atoms with Crippen LogP contribution >= 0.6 is 11.6 Å². The van der Waals surface area contributed by atoms with Crippen LogP contribution in [-0.4, -0.2) is 43.0 Å². The molecule has 134 valence electrons. The fourth-order valence-electron chi connectivity index (χ4n) is 3.26. The van der Waals surface area contributed by atoms with Crippen LogP contribution in [0.4, 0.5) is 4.39 Å². The molecule has 1 atom stereocenters. The first-order chi connectivity index (χ1) is 12.0. The average molecular weight is 363 g/mol. The van der Waals surface area contributed by atoms with Crippen LogP contribution in [0, 0.1) is 5.82 Å². The molecule has 0 saturated carbocycles. The molecule has 0 radical (unpaired) electrons. The van der Waals surface area contributed by atoms with Gasteiger partial charge in [0, 0.05) is 30.3 Å². The van der Waals surface area contributed by atoms with Crippen molar-refractivity contribution in [2.45, 2.75) is 25.6 Å². The fourth-order valence-corrected chi connectivity index (χ4v) is 3.48. The summed E-state index contributed by atoms with van der Waals surface area (Å²) in [5.74, 6) is 0.441. The number of likely N-dealkylation sites (N-methyl/N-ethyl adjacent to an activating group) is 2. The molecule has 1 saturated heterocycles. The molecule has 25 heavy (non-hydrogen) atoms. The van der Waals surface area contributed by atoms with E-state index in [-0.39, 0.29) is 12.4 Å². The molecule has 3 rings (SSSR count). The predicted molar refractivity (Wildman–Crippen MR) is 99.6 cm³/mol. The lowest BCUT2D eigenvalue weighted by Gasteiger charge is -2.25. The highest BCUT2D eigenvalue weighted by Crippen LogP contribution is 2.25. The third-order valence-electron chi connectivity index (χ3n) is 4.82. The highest BCUT2D eigenvalue weighted by atomic mass is 35.5. The first-order valence-electron chi connectivity index (χ1n) is 8.57. The molecule has 0 bridgehead atoms. The van der Waals surface area contributed by atoms with Crippen molar-refractivity contribution in [2.75, 3.05) is 27.2 Å². The minimum absolute atomic E-state index is 0.123. The van der Waals surface area contributed by atoms with Crippen LogP contribution < -0.4 is 4.74 Å². The number of likely N-dealkylation sites (tertiary alicyclic amines) is 1. The molecule has 1 aliphatic heterocycles. The molecule has 0 spiro atoms. The Balaban J connectivity index is 1.68. The van der Waals surface area contributed by atoms with Crippen molar-refractivity contribution in [3.8, 4) is 5.75 Å². The largest absolute Gasteiger partial charge is 0.488 e. The summed E-state index contributed by atoms with van der Waals surface area (Å²) in [7, 11) is 4.30. The van der Waals surface area contributed by atoms with Gasteiger partial charge >= 0.3 is 0 Å². The van der Waals surface area contributed by atoms with Crippen LogP contribution in [-0.2, 0) is 13.2 Å². The van der Waals surface area contributed by atoms with Crippen LogP contribution in [0.3, 0.4) is 0 Å². The Bertz CT molecular complexity index is 704. The third-order valence-corrected chi connectivity index (χ3v) is 5.17. The molecular weight excluding hydrogens is 339 g/mol. The first-order valence-corrected chi connectivity index (χ1v) is 8.95. The molecule has 2 aromatic carbocycles. The maximum absolute atomic E-state index is 13.9. The number of hydrogen-bond acceptors (Lipinski definition) is 3. The van der Waals surface area contributed by atoms with E-state index in [0.717, 1.165) is 30.9 Å². The highest BCUT2D eigenvalue weighted by molar-refractivity contribution is 6.31. The van der Waals surface area contributed by atoms with E-state index >= 15 is 0 Å². The van der Waals surface area contributed by atoms with E-state index in [2.05, 4.69) is 30.0 Å². The van der Waals surface area contributed by atoms with Crippen molar-refractivity contribution in [3.63, 3.8) is 0 Å². The third kappa shape index (κ3) is 4.51. The first kappa shape index (κ1) is 18.2. The van der Waals surface area contributed by atoms with E-state index in [1.165, 1.54) is 12.5 Å². The Hall–Kier alpha value is -1.62. The zero-order chi connectivity index (χ0) is 17.8. The molecule has 0 aromatic heterocycles. The molecule has 0 aliphatic carbocycles. The van der Waals surface area contributed by atoms with Crippen LogP contribution in [0.5, 0.6) is 5.75 Å². The van der Waals surface area contributed by atoms with Gasteiger partial charge in [-0.15, -0.1) is 0 Å². The summed E-state index contributed by atoms with van der Waals surface area (Å²) < 4.78 is 19.8. The second-order valence-electron chi connectivity index (χ2n) is 6.72. The smallest absolute Gasteiger partial charge is 0.131 e. The Kier molecular flexibility index (Phi) is 5.94. The number of hydrogen-bond donors (Lipinski definition) is 0. The van der Waals surface area contributed by atoms with Gasteiger partial charge in [0.25, 0.3) is 0 Å². The molecule has 1 fully saturated rings. The molecule has 1 aliphatic rings. The topological polar surface area (TPSA) is 15.7 Å². The van der Waals surface area contributed by atoms with Gasteiger partial charge in [-0.1, -0.05) is 35.9 Å². The summed E-state index contributed by atoms with van der Waals surface area (Å²) in [5.41, 5.74) is 1.50. The molecule has 1 heterocycles. The van der Waals surface area contributed by atoms with Gasteiger partial charge < -0.3 is 9.64 Å². The number of ether oxygens (including phenoxy) is 1. The van der Waals surface area contributed by atoms with E-state index in [1.54, 1.807) is 12.1 Å². The number of para-hydroxylation sites is 1. The minimum atomic E-state index is -0.337. The van der Waals surface area contributed by atoms with Gasteiger partial charge in [-0.05, 0) is 45.3 Å². The van der Waals surface area contributed by atoms with Gasteiger partial charge in [0.2, 0.25) is 0 Å². The van der Waals surface area contributed by atoms with Crippen molar-refractivity contribution in [1.29, 1.82) is 0 Å². The van der Waals surface area contributed by atoms with E-state index in [4.69, 9.17) is 16.3 Å². The molecule has 0 N–H and O–H groups in total. The van der Waals surface area contributed by atoms with Crippen molar-refractivity contribution in [3.05, 3.63) is 64.4 Å². The number of rotatable bonds is 6.